The van der Waals surface area contributed by atoms with E-state index in [4.69, 9.17) is 4.74 Å². The van der Waals surface area contributed by atoms with Gasteiger partial charge < -0.3 is 20.7 Å². The van der Waals surface area contributed by atoms with Crippen molar-refractivity contribution in [2.45, 2.75) is 45.8 Å². The smallest absolute Gasteiger partial charge is 0.408 e. The summed E-state index contributed by atoms with van der Waals surface area (Å²) < 4.78 is 5.02. The molecule has 7 heteroatoms. The second-order valence-corrected chi connectivity index (χ2v) is 5.08. The molecule has 0 heterocycles. The first-order valence-electron chi connectivity index (χ1n) is 6.13. The standard InChI is InChI=1S/C12H23N3O4/c1-8(15-11(18)19-12(2,3)4)10(17)14-7-6-9(16)13-5/h8H,6-7H2,1-5H3,(H,13,16)(H,14,17)(H,15,18)/t8-/m0/s1. The highest BCUT2D eigenvalue weighted by Gasteiger charge is 2.20. The summed E-state index contributed by atoms with van der Waals surface area (Å²) in [6.07, 6.45) is -0.456. The summed E-state index contributed by atoms with van der Waals surface area (Å²) in [5, 5.41) is 7.41. The zero-order valence-corrected chi connectivity index (χ0v) is 12.1. The molecule has 1 atom stereocenters. The zero-order valence-electron chi connectivity index (χ0n) is 12.1. The Labute approximate surface area is 113 Å². The van der Waals surface area contributed by atoms with E-state index in [2.05, 4.69) is 16.0 Å². The number of ether oxygens (including phenoxy) is 1. The molecule has 0 spiro atoms. The Morgan fingerprint density at radius 3 is 2.26 bits per heavy atom. The predicted octanol–water partition coefficient (Wildman–Crippen LogP) is 0.152. The molecule has 0 aliphatic rings. The number of hydrogen-bond donors (Lipinski definition) is 3. The van der Waals surface area contributed by atoms with Gasteiger partial charge in [-0.3, -0.25) is 9.59 Å². The van der Waals surface area contributed by atoms with Gasteiger partial charge >= 0.3 is 6.09 Å². The van der Waals surface area contributed by atoms with Crippen molar-refractivity contribution in [1.29, 1.82) is 0 Å². The number of carbonyl (C=O) groups excluding carboxylic acids is 3. The number of alkyl carbamates (subject to hydrolysis) is 1. The maximum Gasteiger partial charge on any atom is 0.408 e. The van der Waals surface area contributed by atoms with Gasteiger partial charge in [0.2, 0.25) is 11.8 Å². The van der Waals surface area contributed by atoms with Gasteiger partial charge in [-0.15, -0.1) is 0 Å². The molecule has 19 heavy (non-hydrogen) atoms. The third-order valence-electron chi connectivity index (χ3n) is 2.06. The molecule has 0 aliphatic carbocycles. The van der Waals surface area contributed by atoms with Gasteiger partial charge in [-0.1, -0.05) is 0 Å². The van der Waals surface area contributed by atoms with Crippen LogP contribution in [0.4, 0.5) is 4.79 Å². The third-order valence-corrected chi connectivity index (χ3v) is 2.06. The van der Waals surface area contributed by atoms with Gasteiger partial charge in [-0.2, -0.15) is 0 Å². The minimum atomic E-state index is -0.723. The average molecular weight is 273 g/mol. The van der Waals surface area contributed by atoms with Crippen LogP contribution in [0.2, 0.25) is 0 Å². The van der Waals surface area contributed by atoms with E-state index in [0.29, 0.717) is 0 Å². The molecular weight excluding hydrogens is 250 g/mol. The van der Waals surface area contributed by atoms with Crippen LogP contribution in [0, 0.1) is 0 Å². The minimum absolute atomic E-state index is 0.159. The van der Waals surface area contributed by atoms with E-state index in [9.17, 15) is 14.4 Å². The molecular formula is C12H23N3O4. The Hall–Kier alpha value is -1.79. The first-order valence-corrected chi connectivity index (χ1v) is 6.13. The first-order chi connectivity index (χ1) is 8.65. The Morgan fingerprint density at radius 1 is 1.21 bits per heavy atom. The van der Waals surface area contributed by atoms with Crippen molar-refractivity contribution in [3.8, 4) is 0 Å². The molecule has 3 N–H and O–H groups in total. The van der Waals surface area contributed by atoms with Crippen molar-refractivity contribution in [3.63, 3.8) is 0 Å². The lowest BCUT2D eigenvalue weighted by Crippen LogP contribution is -2.47. The predicted molar refractivity (Wildman–Crippen MR) is 70.5 cm³/mol. The van der Waals surface area contributed by atoms with Gasteiger partial charge in [-0.05, 0) is 27.7 Å². The molecule has 7 nitrogen and oxygen atoms in total. The van der Waals surface area contributed by atoms with E-state index >= 15 is 0 Å². The van der Waals surface area contributed by atoms with E-state index < -0.39 is 17.7 Å². The molecule has 0 unspecified atom stereocenters. The van der Waals surface area contributed by atoms with Crippen LogP contribution in [0.15, 0.2) is 0 Å². The maximum absolute atomic E-state index is 11.6. The average Bonchev–Trinajstić information content (AvgIpc) is 2.25. The highest BCUT2D eigenvalue weighted by molar-refractivity contribution is 5.85. The van der Waals surface area contributed by atoms with Crippen molar-refractivity contribution in [1.82, 2.24) is 16.0 Å². The normalized spacial score (nSPS) is 12.3. The van der Waals surface area contributed by atoms with Gasteiger partial charge in [0, 0.05) is 20.0 Å². The highest BCUT2D eigenvalue weighted by Crippen LogP contribution is 2.06. The van der Waals surface area contributed by atoms with E-state index in [-0.39, 0.29) is 24.8 Å². The third kappa shape index (κ3) is 8.87. The molecule has 0 rings (SSSR count). The number of rotatable bonds is 5. The summed E-state index contributed by atoms with van der Waals surface area (Å²) in [5.41, 5.74) is -0.612. The Balaban J connectivity index is 4.00. The lowest BCUT2D eigenvalue weighted by Gasteiger charge is -2.21. The molecule has 0 aromatic rings. The van der Waals surface area contributed by atoms with E-state index in [0.717, 1.165) is 0 Å². The summed E-state index contributed by atoms with van der Waals surface area (Å²) in [7, 11) is 1.52. The summed E-state index contributed by atoms with van der Waals surface area (Å²) in [5.74, 6) is -0.525. The molecule has 0 saturated carbocycles. The van der Waals surface area contributed by atoms with E-state index in [1.54, 1.807) is 27.7 Å². The first kappa shape index (κ1) is 17.2. The summed E-state index contributed by atoms with van der Waals surface area (Å²) in [6, 6.07) is -0.723. The van der Waals surface area contributed by atoms with E-state index in [1.807, 2.05) is 0 Å². The molecule has 0 fully saturated rings. The van der Waals surface area contributed by atoms with Crippen LogP contribution < -0.4 is 16.0 Å². The van der Waals surface area contributed by atoms with E-state index in [1.165, 1.54) is 7.05 Å². The van der Waals surface area contributed by atoms with Crippen LogP contribution in [0.25, 0.3) is 0 Å². The van der Waals surface area contributed by atoms with Crippen molar-refractivity contribution < 1.29 is 19.1 Å². The van der Waals surface area contributed by atoms with Crippen LogP contribution in [0.3, 0.4) is 0 Å². The number of nitrogens with one attached hydrogen (secondary N) is 3. The largest absolute Gasteiger partial charge is 0.444 e. The molecule has 0 aromatic carbocycles. The second kappa shape index (κ2) is 7.60. The van der Waals surface area contributed by atoms with Crippen LogP contribution in [0.5, 0.6) is 0 Å². The number of carbonyl (C=O) groups is 3. The highest BCUT2D eigenvalue weighted by atomic mass is 16.6. The Bertz CT molecular complexity index is 336. The number of hydrogen-bond acceptors (Lipinski definition) is 4. The Morgan fingerprint density at radius 2 is 1.79 bits per heavy atom. The SMILES string of the molecule is CNC(=O)CCNC(=O)[C@H](C)NC(=O)OC(C)(C)C. The molecule has 3 amide bonds. The summed E-state index contributed by atoms with van der Waals surface area (Å²) in [4.78, 5) is 34.0. The van der Waals surface area contributed by atoms with Crippen molar-refractivity contribution >= 4 is 17.9 Å². The molecule has 110 valence electrons. The fourth-order valence-corrected chi connectivity index (χ4v) is 1.13. The second-order valence-electron chi connectivity index (χ2n) is 5.08. The summed E-state index contributed by atoms with van der Waals surface area (Å²) in [6.45, 7) is 6.97. The summed E-state index contributed by atoms with van der Waals surface area (Å²) >= 11 is 0. The fraction of sp³-hybridized carbons (Fsp3) is 0.750. The lowest BCUT2D eigenvalue weighted by molar-refractivity contribution is -0.123. The molecule has 0 aliphatic heterocycles. The van der Waals surface area contributed by atoms with Gasteiger partial charge in [0.15, 0.2) is 0 Å². The molecule has 0 radical (unpaired) electrons. The molecule has 0 saturated heterocycles. The van der Waals surface area contributed by atoms with Crippen molar-refractivity contribution in [2.75, 3.05) is 13.6 Å². The van der Waals surface area contributed by atoms with Crippen LogP contribution in [-0.4, -0.2) is 43.1 Å². The van der Waals surface area contributed by atoms with Gasteiger partial charge in [0.05, 0.1) is 0 Å². The maximum atomic E-state index is 11.6. The zero-order chi connectivity index (χ0) is 15.1. The van der Waals surface area contributed by atoms with Crippen LogP contribution >= 0.6 is 0 Å². The minimum Gasteiger partial charge on any atom is -0.444 e. The van der Waals surface area contributed by atoms with Gasteiger partial charge in [0.1, 0.15) is 11.6 Å². The fourth-order valence-electron chi connectivity index (χ4n) is 1.13. The van der Waals surface area contributed by atoms with Gasteiger partial charge in [0.25, 0.3) is 0 Å². The topological polar surface area (TPSA) is 96.5 Å². The number of amides is 3. The van der Waals surface area contributed by atoms with Crippen molar-refractivity contribution in [2.24, 2.45) is 0 Å². The molecule has 0 bridgehead atoms. The Kier molecular flexibility index (Phi) is 6.89. The van der Waals surface area contributed by atoms with Crippen LogP contribution in [0.1, 0.15) is 34.1 Å². The van der Waals surface area contributed by atoms with Gasteiger partial charge in [-0.25, -0.2) is 4.79 Å². The lowest BCUT2D eigenvalue weighted by atomic mass is 10.2. The quantitative estimate of drug-likeness (QED) is 0.664. The van der Waals surface area contributed by atoms with Crippen LogP contribution in [-0.2, 0) is 14.3 Å². The van der Waals surface area contributed by atoms with Crippen molar-refractivity contribution in [3.05, 3.63) is 0 Å². The molecule has 0 aromatic heterocycles. The monoisotopic (exact) mass is 273 g/mol.